The molecule has 0 bridgehead atoms. The molecular formula is C25H24F4N6O2. The number of benzene rings is 1. The minimum atomic E-state index is -2.94. The van der Waals surface area contributed by atoms with Gasteiger partial charge in [-0.1, -0.05) is 6.07 Å². The highest BCUT2D eigenvalue weighted by Crippen LogP contribution is 2.54. The van der Waals surface area contributed by atoms with Gasteiger partial charge in [0.05, 0.1) is 23.3 Å². The van der Waals surface area contributed by atoms with E-state index in [1.165, 1.54) is 18.3 Å². The van der Waals surface area contributed by atoms with Gasteiger partial charge in [-0.2, -0.15) is 0 Å². The lowest BCUT2D eigenvalue weighted by molar-refractivity contribution is 0.0941. The van der Waals surface area contributed by atoms with Gasteiger partial charge in [0.1, 0.15) is 11.2 Å². The number of alkyl halides is 2. The monoisotopic (exact) mass is 516 g/mol. The lowest BCUT2D eigenvalue weighted by Crippen LogP contribution is -2.46. The molecule has 1 aromatic carbocycles. The molecule has 1 aliphatic heterocycles. The average Bonchev–Trinajstić information content (AvgIpc) is 3.79. The molecule has 1 amide bonds. The molecule has 194 valence electrons. The van der Waals surface area contributed by atoms with Crippen LogP contribution in [0.1, 0.15) is 46.9 Å². The highest BCUT2D eigenvalue weighted by molar-refractivity contribution is 5.93. The number of rotatable bonds is 6. The van der Waals surface area contributed by atoms with Crippen LogP contribution in [0.25, 0.3) is 11.0 Å². The van der Waals surface area contributed by atoms with Crippen LogP contribution in [-0.4, -0.2) is 63.9 Å². The number of pyridine rings is 1. The second-order valence-corrected chi connectivity index (χ2v) is 9.94. The number of hydrogen-bond acceptors (Lipinski definition) is 6. The second kappa shape index (κ2) is 8.79. The molecule has 8 nitrogen and oxygen atoms in total. The zero-order chi connectivity index (χ0) is 25.9. The summed E-state index contributed by atoms with van der Waals surface area (Å²) in [6.45, 7) is 2.48. The number of halogens is 4. The van der Waals surface area contributed by atoms with Gasteiger partial charge in [0.15, 0.2) is 17.3 Å². The highest BCUT2D eigenvalue weighted by Gasteiger charge is 2.59. The van der Waals surface area contributed by atoms with Gasteiger partial charge in [0.2, 0.25) is 0 Å². The molecule has 2 aromatic heterocycles. The molecule has 1 atom stereocenters. The number of anilines is 1. The molecule has 1 saturated heterocycles. The molecule has 3 heterocycles. The molecule has 3 aliphatic rings. The number of fused-ring (bicyclic) bond motifs is 1. The summed E-state index contributed by atoms with van der Waals surface area (Å²) in [4.78, 5) is 38.8. The summed E-state index contributed by atoms with van der Waals surface area (Å²) in [5.41, 5.74) is -0.321. The van der Waals surface area contributed by atoms with Crippen LogP contribution in [0.2, 0.25) is 0 Å². The van der Waals surface area contributed by atoms with Gasteiger partial charge in [-0.3, -0.25) is 14.5 Å². The topological polar surface area (TPSA) is 94.2 Å². The van der Waals surface area contributed by atoms with Gasteiger partial charge < -0.3 is 15.2 Å². The molecule has 2 saturated carbocycles. The Morgan fingerprint density at radius 2 is 1.89 bits per heavy atom. The lowest BCUT2D eigenvalue weighted by atomic mass is 10.1. The number of hydrogen-bond donors (Lipinski definition) is 2. The number of H-pyrrole nitrogens is 1. The Balaban J connectivity index is 1.11. The Labute approximate surface area is 208 Å². The molecule has 37 heavy (non-hydrogen) atoms. The summed E-state index contributed by atoms with van der Waals surface area (Å²) >= 11 is 0. The van der Waals surface area contributed by atoms with Crippen molar-refractivity contribution >= 4 is 22.6 Å². The predicted octanol–water partition coefficient (Wildman–Crippen LogP) is 2.93. The average molecular weight is 516 g/mol. The van der Waals surface area contributed by atoms with Crippen LogP contribution < -0.4 is 15.8 Å². The number of amides is 1. The van der Waals surface area contributed by atoms with E-state index in [4.69, 9.17) is 0 Å². The van der Waals surface area contributed by atoms with E-state index < -0.39 is 41.4 Å². The van der Waals surface area contributed by atoms with Gasteiger partial charge >= 0.3 is 0 Å². The maximum absolute atomic E-state index is 15.2. The van der Waals surface area contributed by atoms with Crippen molar-refractivity contribution in [2.45, 2.75) is 43.7 Å². The Bertz CT molecular complexity index is 1450. The minimum absolute atomic E-state index is 0.0961. The van der Waals surface area contributed by atoms with E-state index in [9.17, 15) is 22.8 Å². The predicted molar refractivity (Wildman–Crippen MR) is 127 cm³/mol. The van der Waals surface area contributed by atoms with E-state index in [-0.39, 0.29) is 35.0 Å². The number of carbonyl (C=O) groups is 1. The molecule has 3 fully saturated rings. The van der Waals surface area contributed by atoms with Crippen molar-refractivity contribution in [3.05, 3.63) is 63.3 Å². The summed E-state index contributed by atoms with van der Waals surface area (Å²) < 4.78 is 56.5. The van der Waals surface area contributed by atoms with Crippen molar-refractivity contribution in [2.24, 2.45) is 0 Å². The molecule has 12 heteroatoms. The fourth-order valence-corrected chi connectivity index (χ4v) is 4.70. The Hall–Kier alpha value is -3.54. The standard InChI is InChI=1S/C25H24F4N6O2/c26-17-9-15(11-30-21(17)24(37)31-14-2-3-14)35-7-5-34(6-8-35)12-13-1-4-18-22(19(13)27)33-23(36)20(32-18)16-10-25(16,28)29/h1,4,9,11,14,16H,2-3,5-8,10,12H2,(H,31,37)(H,33,36)/t16-/m0/s1. The fraction of sp³-hybridized carbons (Fsp3) is 0.440. The quantitative estimate of drug-likeness (QED) is 0.490. The second-order valence-electron chi connectivity index (χ2n) is 9.94. The van der Waals surface area contributed by atoms with Crippen molar-refractivity contribution in [2.75, 3.05) is 31.1 Å². The Morgan fingerprint density at radius 1 is 1.16 bits per heavy atom. The first-order valence-corrected chi connectivity index (χ1v) is 12.2. The number of aromatic amines is 1. The van der Waals surface area contributed by atoms with Gasteiger partial charge in [-0.25, -0.2) is 27.5 Å². The van der Waals surface area contributed by atoms with E-state index in [2.05, 4.69) is 20.3 Å². The number of aromatic nitrogens is 3. The van der Waals surface area contributed by atoms with Gasteiger partial charge in [-0.15, -0.1) is 0 Å². The largest absolute Gasteiger partial charge is 0.368 e. The SMILES string of the molecule is O=C(NC1CC1)c1ncc(N2CCN(Cc3ccc4nc([C@@H]5CC5(F)F)c(=O)[nH]c4c3F)CC2)cc1F. The molecule has 0 unspecified atom stereocenters. The van der Waals surface area contributed by atoms with Crippen LogP contribution in [-0.2, 0) is 6.54 Å². The fourth-order valence-electron chi connectivity index (χ4n) is 4.70. The summed E-state index contributed by atoms with van der Waals surface area (Å²) in [5, 5.41) is 2.73. The molecule has 0 spiro atoms. The molecule has 0 radical (unpaired) electrons. The minimum Gasteiger partial charge on any atom is -0.368 e. The van der Waals surface area contributed by atoms with Crippen molar-refractivity contribution < 1.29 is 22.4 Å². The van der Waals surface area contributed by atoms with E-state index >= 15 is 4.39 Å². The first-order chi connectivity index (χ1) is 17.7. The third kappa shape index (κ3) is 4.65. The maximum Gasteiger partial charge on any atom is 0.273 e. The molecule has 6 rings (SSSR count). The first-order valence-electron chi connectivity index (χ1n) is 12.2. The van der Waals surface area contributed by atoms with E-state index in [1.54, 1.807) is 6.07 Å². The van der Waals surface area contributed by atoms with Crippen LogP contribution in [0.4, 0.5) is 23.2 Å². The summed E-state index contributed by atoms with van der Waals surface area (Å²) in [7, 11) is 0. The number of piperazine rings is 1. The van der Waals surface area contributed by atoms with Crippen molar-refractivity contribution in [1.82, 2.24) is 25.2 Å². The zero-order valence-corrected chi connectivity index (χ0v) is 19.7. The smallest absolute Gasteiger partial charge is 0.273 e. The Kier molecular flexibility index (Phi) is 5.66. The number of carbonyl (C=O) groups excluding carboxylic acids is 1. The molecular weight excluding hydrogens is 492 g/mol. The number of nitrogens with one attached hydrogen (secondary N) is 2. The van der Waals surface area contributed by atoms with Crippen molar-refractivity contribution in [3.8, 4) is 0 Å². The molecule has 3 aromatic rings. The summed E-state index contributed by atoms with van der Waals surface area (Å²) in [5.74, 6) is -5.98. The normalized spacial score (nSPS) is 21.3. The third-order valence-electron chi connectivity index (χ3n) is 7.15. The van der Waals surface area contributed by atoms with E-state index in [1.807, 2.05) is 9.80 Å². The van der Waals surface area contributed by atoms with Gasteiger partial charge in [0.25, 0.3) is 17.4 Å². The van der Waals surface area contributed by atoms with Crippen LogP contribution in [0.3, 0.4) is 0 Å². The molecule has 2 aliphatic carbocycles. The maximum atomic E-state index is 15.2. The van der Waals surface area contributed by atoms with E-state index in [0.29, 0.717) is 37.4 Å². The Morgan fingerprint density at radius 3 is 2.54 bits per heavy atom. The van der Waals surface area contributed by atoms with Crippen LogP contribution in [0, 0.1) is 11.6 Å². The lowest BCUT2D eigenvalue weighted by Gasteiger charge is -2.36. The van der Waals surface area contributed by atoms with E-state index in [0.717, 1.165) is 12.8 Å². The van der Waals surface area contributed by atoms with Gasteiger partial charge in [0, 0.05) is 56.8 Å². The summed E-state index contributed by atoms with van der Waals surface area (Å²) in [6.07, 6.45) is 2.86. The van der Waals surface area contributed by atoms with Gasteiger partial charge in [-0.05, 0) is 18.9 Å². The van der Waals surface area contributed by atoms with Crippen molar-refractivity contribution in [3.63, 3.8) is 0 Å². The summed E-state index contributed by atoms with van der Waals surface area (Å²) in [6, 6.07) is 4.50. The van der Waals surface area contributed by atoms with Crippen LogP contribution in [0.5, 0.6) is 0 Å². The van der Waals surface area contributed by atoms with Crippen molar-refractivity contribution in [1.29, 1.82) is 0 Å². The first kappa shape index (κ1) is 23.8. The molecule has 2 N–H and O–H groups in total. The third-order valence-corrected chi connectivity index (χ3v) is 7.15. The van der Waals surface area contributed by atoms with Crippen LogP contribution in [0.15, 0.2) is 29.2 Å². The number of nitrogens with zero attached hydrogens (tertiary/aromatic N) is 4. The highest BCUT2D eigenvalue weighted by atomic mass is 19.3. The van der Waals surface area contributed by atoms with Crippen LogP contribution >= 0.6 is 0 Å². The zero-order valence-electron chi connectivity index (χ0n) is 19.7.